The zero-order valence-corrected chi connectivity index (χ0v) is 5.38. The number of rotatable bonds is 0. The molecule has 1 aliphatic rings. The van der Waals surface area contributed by atoms with E-state index in [1.807, 2.05) is 0 Å². The van der Waals surface area contributed by atoms with E-state index < -0.39 is 0 Å². The molecule has 9 heavy (non-hydrogen) atoms. The van der Waals surface area contributed by atoms with Gasteiger partial charge in [0, 0.05) is 0 Å². The van der Waals surface area contributed by atoms with E-state index in [2.05, 4.69) is 0 Å². The molecule has 56 valence electrons. The van der Waals surface area contributed by atoms with Crippen molar-refractivity contribution in [3.05, 3.63) is 0 Å². The number of aliphatic hydroxyl groups excluding tert-OH is 2. The lowest BCUT2D eigenvalue weighted by Gasteiger charge is -2.20. The third-order valence-corrected chi connectivity index (χ3v) is 1.67. The number of hydrogen-bond donors (Lipinski definition) is 2. The van der Waals surface area contributed by atoms with Crippen LogP contribution >= 0.6 is 0 Å². The minimum absolute atomic E-state index is 0. The Hall–Kier alpha value is -0.120. The molecule has 1 rings (SSSR count). The number of aliphatic hydroxyl groups is 2. The molecule has 0 heterocycles. The SMILES string of the molecule is O.OC1CCC(O)CC1. The van der Waals surface area contributed by atoms with Crippen molar-refractivity contribution >= 4 is 0 Å². The Labute approximate surface area is 54.6 Å². The molecule has 0 unspecified atom stereocenters. The van der Waals surface area contributed by atoms with Gasteiger partial charge in [0.2, 0.25) is 0 Å². The van der Waals surface area contributed by atoms with Crippen LogP contribution < -0.4 is 0 Å². The van der Waals surface area contributed by atoms with Gasteiger partial charge in [0.05, 0.1) is 12.2 Å². The first-order valence-electron chi connectivity index (χ1n) is 3.15. The fourth-order valence-electron chi connectivity index (χ4n) is 1.06. The van der Waals surface area contributed by atoms with Gasteiger partial charge < -0.3 is 15.7 Å². The highest BCUT2D eigenvalue weighted by molar-refractivity contribution is 4.69. The van der Waals surface area contributed by atoms with Crippen LogP contribution in [0, 0.1) is 0 Å². The normalized spacial score (nSPS) is 35.3. The van der Waals surface area contributed by atoms with Gasteiger partial charge in [0.1, 0.15) is 0 Å². The molecular weight excluding hydrogens is 120 g/mol. The zero-order chi connectivity index (χ0) is 5.98. The summed E-state index contributed by atoms with van der Waals surface area (Å²) in [4.78, 5) is 0. The lowest BCUT2D eigenvalue weighted by molar-refractivity contribution is 0.0541. The van der Waals surface area contributed by atoms with E-state index in [0.717, 1.165) is 25.7 Å². The van der Waals surface area contributed by atoms with Crippen LogP contribution in [0.5, 0.6) is 0 Å². The Morgan fingerprint density at radius 2 is 1.00 bits per heavy atom. The molecule has 3 heteroatoms. The van der Waals surface area contributed by atoms with Crippen LogP contribution in [0.1, 0.15) is 25.7 Å². The fraction of sp³-hybridized carbons (Fsp3) is 1.00. The molecule has 0 radical (unpaired) electrons. The van der Waals surface area contributed by atoms with Gasteiger partial charge in [-0.05, 0) is 25.7 Å². The molecule has 0 aromatic rings. The van der Waals surface area contributed by atoms with Gasteiger partial charge in [-0.15, -0.1) is 0 Å². The summed E-state index contributed by atoms with van der Waals surface area (Å²) < 4.78 is 0. The predicted octanol–water partition coefficient (Wildman–Crippen LogP) is -0.543. The molecule has 4 N–H and O–H groups in total. The average Bonchev–Trinajstić information content (AvgIpc) is 1.77. The Morgan fingerprint density at radius 3 is 1.22 bits per heavy atom. The first-order chi connectivity index (χ1) is 3.79. The summed E-state index contributed by atoms with van der Waals surface area (Å²) in [6.45, 7) is 0. The van der Waals surface area contributed by atoms with Crippen molar-refractivity contribution in [2.24, 2.45) is 0 Å². The van der Waals surface area contributed by atoms with Crippen molar-refractivity contribution in [3.8, 4) is 0 Å². The average molecular weight is 134 g/mol. The first kappa shape index (κ1) is 8.88. The summed E-state index contributed by atoms with van der Waals surface area (Å²) in [7, 11) is 0. The topological polar surface area (TPSA) is 72.0 Å². The maximum absolute atomic E-state index is 8.92. The van der Waals surface area contributed by atoms with Crippen LogP contribution in [-0.4, -0.2) is 27.9 Å². The summed E-state index contributed by atoms with van der Waals surface area (Å²) >= 11 is 0. The molecule has 0 atom stereocenters. The van der Waals surface area contributed by atoms with Gasteiger partial charge in [-0.3, -0.25) is 0 Å². The minimum atomic E-state index is -0.140. The predicted molar refractivity (Wildman–Crippen MR) is 34.1 cm³/mol. The van der Waals surface area contributed by atoms with E-state index in [1.54, 1.807) is 0 Å². The van der Waals surface area contributed by atoms with Crippen LogP contribution in [0.15, 0.2) is 0 Å². The summed E-state index contributed by atoms with van der Waals surface area (Å²) in [5.74, 6) is 0. The molecule has 3 nitrogen and oxygen atoms in total. The Morgan fingerprint density at radius 1 is 0.778 bits per heavy atom. The van der Waals surface area contributed by atoms with Crippen molar-refractivity contribution < 1.29 is 15.7 Å². The lowest BCUT2D eigenvalue weighted by Crippen LogP contribution is -2.21. The second kappa shape index (κ2) is 3.82. The second-order valence-electron chi connectivity index (χ2n) is 2.46. The molecule has 0 saturated heterocycles. The standard InChI is InChI=1S/C6H12O2.H2O/c7-5-1-2-6(8)4-3-5;/h5-8H,1-4H2;1H2. The Balaban J connectivity index is 0.000000640. The van der Waals surface area contributed by atoms with Crippen molar-refractivity contribution in [2.75, 3.05) is 0 Å². The van der Waals surface area contributed by atoms with Gasteiger partial charge in [-0.25, -0.2) is 0 Å². The van der Waals surface area contributed by atoms with E-state index in [0.29, 0.717) is 0 Å². The molecule has 0 spiro atoms. The molecule has 1 fully saturated rings. The molecule has 1 saturated carbocycles. The molecule has 0 bridgehead atoms. The lowest BCUT2D eigenvalue weighted by atomic mass is 9.95. The van der Waals surface area contributed by atoms with Gasteiger partial charge in [0.15, 0.2) is 0 Å². The van der Waals surface area contributed by atoms with E-state index in [1.165, 1.54) is 0 Å². The van der Waals surface area contributed by atoms with Crippen molar-refractivity contribution in [1.29, 1.82) is 0 Å². The van der Waals surface area contributed by atoms with Gasteiger partial charge in [-0.1, -0.05) is 0 Å². The van der Waals surface area contributed by atoms with Crippen LogP contribution in [0.25, 0.3) is 0 Å². The maximum Gasteiger partial charge on any atom is 0.0542 e. The van der Waals surface area contributed by atoms with E-state index in [9.17, 15) is 0 Å². The minimum Gasteiger partial charge on any atom is -0.412 e. The maximum atomic E-state index is 8.92. The van der Waals surface area contributed by atoms with E-state index in [-0.39, 0.29) is 17.7 Å². The Bertz CT molecular complexity index is 56.7. The van der Waals surface area contributed by atoms with Gasteiger partial charge >= 0.3 is 0 Å². The summed E-state index contributed by atoms with van der Waals surface area (Å²) in [6.07, 6.45) is 2.83. The first-order valence-corrected chi connectivity index (χ1v) is 3.15. The highest BCUT2D eigenvalue weighted by atomic mass is 16.3. The highest BCUT2D eigenvalue weighted by Crippen LogP contribution is 2.17. The van der Waals surface area contributed by atoms with Crippen molar-refractivity contribution in [2.45, 2.75) is 37.9 Å². The van der Waals surface area contributed by atoms with Crippen LogP contribution in [-0.2, 0) is 0 Å². The fourth-order valence-corrected chi connectivity index (χ4v) is 1.06. The smallest absolute Gasteiger partial charge is 0.0542 e. The van der Waals surface area contributed by atoms with E-state index >= 15 is 0 Å². The second-order valence-corrected chi connectivity index (χ2v) is 2.46. The van der Waals surface area contributed by atoms with Gasteiger partial charge in [-0.2, -0.15) is 0 Å². The van der Waals surface area contributed by atoms with Gasteiger partial charge in [0.25, 0.3) is 0 Å². The summed E-state index contributed by atoms with van der Waals surface area (Å²) in [5.41, 5.74) is 0. The summed E-state index contributed by atoms with van der Waals surface area (Å²) in [5, 5.41) is 17.8. The summed E-state index contributed by atoms with van der Waals surface area (Å²) in [6, 6.07) is 0. The van der Waals surface area contributed by atoms with Crippen molar-refractivity contribution in [1.82, 2.24) is 0 Å². The van der Waals surface area contributed by atoms with Crippen LogP contribution in [0.3, 0.4) is 0 Å². The molecule has 0 aromatic heterocycles. The Kier molecular flexibility index (Phi) is 3.77. The van der Waals surface area contributed by atoms with Crippen molar-refractivity contribution in [3.63, 3.8) is 0 Å². The van der Waals surface area contributed by atoms with Crippen LogP contribution in [0.4, 0.5) is 0 Å². The van der Waals surface area contributed by atoms with E-state index in [4.69, 9.17) is 10.2 Å². The monoisotopic (exact) mass is 134 g/mol. The molecular formula is C6H14O3. The highest BCUT2D eigenvalue weighted by Gasteiger charge is 2.15. The third kappa shape index (κ3) is 2.79. The largest absolute Gasteiger partial charge is 0.412 e. The third-order valence-electron chi connectivity index (χ3n) is 1.67. The molecule has 0 aromatic carbocycles. The quantitative estimate of drug-likeness (QED) is 0.467. The number of hydrogen-bond acceptors (Lipinski definition) is 2. The molecule has 0 aliphatic heterocycles. The zero-order valence-electron chi connectivity index (χ0n) is 5.38. The van der Waals surface area contributed by atoms with Crippen LogP contribution in [0.2, 0.25) is 0 Å². The molecule has 1 aliphatic carbocycles. The molecule has 0 amide bonds.